The molecule has 1 aliphatic rings. The lowest BCUT2D eigenvalue weighted by Crippen LogP contribution is -2.38. The number of hydrogen-bond acceptors (Lipinski definition) is 5. The van der Waals surface area contributed by atoms with E-state index in [2.05, 4.69) is 19.9 Å². The van der Waals surface area contributed by atoms with Crippen LogP contribution in [-0.2, 0) is 10.8 Å². The van der Waals surface area contributed by atoms with Gasteiger partial charge in [-0.05, 0) is 11.6 Å². The van der Waals surface area contributed by atoms with Crippen LogP contribution in [0, 0.1) is 0 Å². The monoisotopic (exact) mass is 287 g/mol. The number of nitrogens with one attached hydrogen (secondary N) is 2. The fourth-order valence-electron chi connectivity index (χ4n) is 1.96. The van der Waals surface area contributed by atoms with Gasteiger partial charge in [0.05, 0.1) is 0 Å². The first-order valence-corrected chi connectivity index (χ1v) is 7.25. The Morgan fingerprint density at radius 2 is 1.94 bits per heavy atom. The van der Waals surface area contributed by atoms with Crippen LogP contribution in [0.4, 0.5) is 5.82 Å². The van der Waals surface area contributed by atoms with Gasteiger partial charge in [-0.2, -0.15) is 9.97 Å². The molecule has 1 saturated heterocycles. The van der Waals surface area contributed by atoms with E-state index in [1.54, 1.807) is 0 Å². The average molecular weight is 288 g/mol. The Kier molecular flexibility index (Phi) is 2.83. The standard InChI is InChI=1S/C9H10ClN5O2S/c10-8-12-6-5(11-9(16)13-6)7(14-8)15-1-3-18(17)4-2-15/h1-4H2,(H2,11,12,13,14,16). The molecule has 1 aliphatic heterocycles. The molecule has 0 amide bonds. The number of aromatic nitrogens is 4. The van der Waals surface area contributed by atoms with Crippen molar-refractivity contribution < 1.29 is 4.21 Å². The molecular weight excluding hydrogens is 278 g/mol. The van der Waals surface area contributed by atoms with Crippen molar-refractivity contribution in [2.75, 3.05) is 29.5 Å². The highest BCUT2D eigenvalue weighted by atomic mass is 35.5. The number of anilines is 1. The fourth-order valence-corrected chi connectivity index (χ4v) is 3.18. The summed E-state index contributed by atoms with van der Waals surface area (Å²) in [5.74, 6) is 1.77. The van der Waals surface area contributed by atoms with Crippen LogP contribution in [0.2, 0.25) is 5.28 Å². The second kappa shape index (κ2) is 4.36. The number of halogens is 1. The third kappa shape index (κ3) is 2.01. The molecule has 0 spiro atoms. The number of hydrogen-bond donors (Lipinski definition) is 2. The van der Waals surface area contributed by atoms with Crippen LogP contribution >= 0.6 is 11.6 Å². The van der Waals surface area contributed by atoms with Gasteiger partial charge in [-0.25, -0.2) is 4.79 Å². The minimum Gasteiger partial charge on any atom is -0.353 e. The molecule has 0 atom stereocenters. The molecule has 2 N–H and O–H groups in total. The van der Waals surface area contributed by atoms with Crippen LogP contribution in [0.25, 0.3) is 11.2 Å². The molecule has 1 fully saturated rings. The van der Waals surface area contributed by atoms with E-state index >= 15 is 0 Å². The normalized spacial score (nSPS) is 17.5. The molecule has 2 aromatic rings. The molecule has 9 heteroatoms. The van der Waals surface area contributed by atoms with Gasteiger partial charge < -0.3 is 9.88 Å². The Balaban J connectivity index is 2.10. The van der Waals surface area contributed by atoms with Crippen molar-refractivity contribution >= 4 is 39.4 Å². The average Bonchev–Trinajstić information content (AvgIpc) is 2.69. The molecule has 3 heterocycles. The molecule has 3 rings (SSSR count). The van der Waals surface area contributed by atoms with E-state index in [1.807, 2.05) is 4.90 Å². The Hall–Kier alpha value is -1.41. The summed E-state index contributed by atoms with van der Waals surface area (Å²) < 4.78 is 11.3. The molecule has 0 aromatic carbocycles. The largest absolute Gasteiger partial charge is 0.353 e. The lowest BCUT2D eigenvalue weighted by atomic mass is 10.4. The summed E-state index contributed by atoms with van der Waals surface area (Å²) in [6.07, 6.45) is 0. The predicted octanol–water partition coefficient (Wildman–Crippen LogP) is -0.132. The van der Waals surface area contributed by atoms with Crippen molar-refractivity contribution in [3.63, 3.8) is 0 Å². The Labute approximate surface area is 109 Å². The van der Waals surface area contributed by atoms with Crippen molar-refractivity contribution in [2.24, 2.45) is 0 Å². The highest BCUT2D eigenvalue weighted by Crippen LogP contribution is 2.22. The molecular formula is C9H10ClN5O2S. The second-order valence-corrected chi connectivity index (χ2v) is 5.99. The number of nitrogens with zero attached hydrogens (tertiary/aromatic N) is 3. The van der Waals surface area contributed by atoms with E-state index in [-0.39, 0.29) is 11.0 Å². The maximum atomic E-state index is 11.3. The van der Waals surface area contributed by atoms with E-state index in [9.17, 15) is 9.00 Å². The fraction of sp³-hybridized carbons (Fsp3) is 0.444. The Bertz CT molecular complexity index is 671. The highest BCUT2D eigenvalue weighted by molar-refractivity contribution is 7.85. The maximum absolute atomic E-state index is 11.3. The smallest absolute Gasteiger partial charge is 0.325 e. The third-order valence-electron chi connectivity index (χ3n) is 2.81. The molecule has 18 heavy (non-hydrogen) atoms. The number of rotatable bonds is 1. The van der Waals surface area contributed by atoms with Gasteiger partial charge in [0.1, 0.15) is 5.52 Å². The summed E-state index contributed by atoms with van der Waals surface area (Å²) in [5.41, 5.74) is 0.585. The minimum absolute atomic E-state index is 0.0828. The zero-order valence-electron chi connectivity index (χ0n) is 9.27. The SMILES string of the molecule is O=c1[nH]c2nc(Cl)nc(N3CCS(=O)CC3)c2[nH]1. The van der Waals surface area contributed by atoms with Crippen LogP contribution in [0.5, 0.6) is 0 Å². The second-order valence-electron chi connectivity index (χ2n) is 3.95. The summed E-state index contributed by atoms with van der Waals surface area (Å²) in [5, 5.41) is 0.0828. The van der Waals surface area contributed by atoms with Gasteiger partial charge >= 0.3 is 5.69 Å². The van der Waals surface area contributed by atoms with E-state index in [0.29, 0.717) is 41.6 Å². The minimum atomic E-state index is -0.766. The number of fused-ring (bicyclic) bond motifs is 1. The van der Waals surface area contributed by atoms with Crippen LogP contribution in [-0.4, -0.2) is 48.7 Å². The third-order valence-corrected chi connectivity index (χ3v) is 4.26. The molecule has 0 saturated carbocycles. The molecule has 7 nitrogen and oxygen atoms in total. The first kappa shape index (κ1) is 11.7. The summed E-state index contributed by atoms with van der Waals surface area (Å²) >= 11 is 5.84. The molecule has 0 radical (unpaired) electrons. The Morgan fingerprint density at radius 1 is 1.22 bits per heavy atom. The van der Waals surface area contributed by atoms with Gasteiger partial charge in [-0.15, -0.1) is 0 Å². The molecule has 0 bridgehead atoms. The quantitative estimate of drug-likeness (QED) is 0.713. The zero-order valence-corrected chi connectivity index (χ0v) is 10.8. The lowest BCUT2D eigenvalue weighted by Gasteiger charge is -2.27. The van der Waals surface area contributed by atoms with Crippen molar-refractivity contribution in [3.05, 3.63) is 15.8 Å². The molecule has 0 aliphatic carbocycles. The van der Waals surface area contributed by atoms with Crippen LogP contribution in [0.3, 0.4) is 0 Å². The van der Waals surface area contributed by atoms with Crippen LogP contribution in [0.15, 0.2) is 4.79 Å². The van der Waals surface area contributed by atoms with Crippen molar-refractivity contribution in [1.82, 2.24) is 19.9 Å². The van der Waals surface area contributed by atoms with E-state index in [4.69, 9.17) is 11.6 Å². The molecule has 0 unspecified atom stereocenters. The van der Waals surface area contributed by atoms with Gasteiger partial charge in [0.2, 0.25) is 5.28 Å². The lowest BCUT2D eigenvalue weighted by molar-refractivity contribution is 0.672. The predicted molar refractivity (Wildman–Crippen MR) is 69.6 cm³/mol. The van der Waals surface area contributed by atoms with Gasteiger partial charge in [-0.3, -0.25) is 9.19 Å². The zero-order chi connectivity index (χ0) is 12.7. The van der Waals surface area contributed by atoms with Crippen molar-refractivity contribution in [2.45, 2.75) is 0 Å². The number of aromatic amines is 2. The van der Waals surface area contributed by atoms with Gasteiger partial charge in [0, 0.05) is 35.4 Å². The van der Waals surface area contributed by atoms with E-state index < -0.39 is 10.8 Å². The highest BCUT2D eigenvalue weighted by Gasteiger charge is 2.20. The maximum Gasteiger partial charge on any atom is 0.325 e. The van der Waals surface area contributed by atoms with Crippen LogP contribution < -0.4 is 10.6 Å². The molecule has 2 aromatic heterocycles. The Morgan fingerprint density at radius 3 is 2.67 bits per heavy atom. The topological polar surface area (TPSA) is 94.7 Å². The van der Waals surface area contributed by atoms with Crippen molar-refractivity contribution in [1.29, 1.82) is 0 Å². The van der Waals surface area contributed by atoms with E-state index in [1.165, 1.54) is 0 Å². The summed E-state index contributed by atoms with van der Waals surface area (Å²) in [6.45, 7) is 1.25. The summed E-state index contributed by atoms with van der Waals surface area (Å²) in [7, 11) is -0.766. The van der Waals surface area contributed by atoms with Crippen molar-refractivity contribution in [3.8, 4) is 0 Å². The first-order chi connectivity index (χ1) is 8.63. The summed E-state index contributed by atoms with van der Waals surface area (Å²) in [4.78, 5) is 26.6. The van der Waals surface area contributed by atoms with Gasteiger partial charge in [-0.1, -0.05) is 0 Å². The van der Waals surface area contributed by atoms with E-state index in [0.717, 1.165) is 0 Å². The first-order valence-electron chi connectivity index (χ1n) is 5.39. The van der Waals surface area contributed by atoms with Gasteiger partial charge in [0.15, 0.2) is 11.5 Å². The molecule has 96 valence electrons. The van der Waals surface area contributed by atoms with Crippen LogP contribution in [0.1, 0.15) is 0 Å². The number of H-pyrrole nitrogens is 2. The number of imidazole rings is 1. The summed E-state index contributed by atoms with van der Waals surface area (Å²) in [6, 6.07) is 0. The van der Waals surface area contributed by atoms with Gasteiger partial charge in [0.25, 0.3) is 0 Å².